The summed E-state index contributed by atoms with van der Waals surface area (Å²) in [4.78, 5) is 43.0. The molecule has 9 heteroatoms. The molecule has 9 nitrogen and oxygen atoms in total. The largest absolute Gasteiger partial charge is 0.508 e. The second kappa shape index (κ2) is 8.06. The second-order valence-corrected chi connectivity index (χ2v) is 10.3. The smallest absolute Gasteiger partial charge is 0.250 e. The lowest BCUT2D eigenvalue weighted by Gasteiger charge is -2.29. The lowest BCUT2D eigenvalue weighted by atomic mass is 9.76. The molecule has 0 radical (unpaired) electrons. The molecule has 0 bridgehead atoms. The molecule has 7 rings (SSSR count). The SMILES string of the molecule is Cc1cccc2c1NC(=O)[C@@]21N[C@H](Cc2ccc(O)cc2)[C@H]2C(=O)N(Cc3ccc4c(c3)OCO4)C(=O)[C@H]21. The van der Waals surface area contributed by atoms with Crippen LogP contribution in [0.25, 0.3) is 0 Å². The van der Waals surface area contributed by atoms with Crippen molar-refractivity contribution in [3.05, 3.63) is 82.9 Å². The Morgan fingerprint density at radius 3 is 2.55 bits per heavy atom. The minimum Gasteiger partial charge on any atom is -0.508 e. The second-order valence-electron chi connectivity index (χ2n) is 10.3. The number of nitrogens with one attached hydrogen (secondary N) is 2. The van der Waals surface area contributed by atoms with E-state index in [-0.39, 0.29) is 36.8 Å². The number of phenols is 1. The van der Waals surface area contributed by atoms with Crippen LogP contribution in [0.3, 0.4) is 0 Å². The van der Waals surface area contributed by atoms with Gasteiger partial charge < -0.3 is 19.9 Å². The zero-order chi connectivity index (χ0) is 26.2. The molecule has 3 amide bonds. The van der Waals surface area contributed by atoms with E-state index < -0.39 is 23.4 Å². The van der Waals surface area contributed by atoms with E-state index in [2.05, 4.69) is 10.6 Å². The maximum Gasteiger partial charge on any atom is 0.250 e. The predicted molar refractivity (Wildman–Crippen MR) is 135 cm³/mol. The molecule has 0 unspecified atom stereocenters. The van der Waals surface area contributed by atoms with Gasteiger partial charge in [-0.15, -0.1) is 0 Å². The third kappa shape index (κ3) is 3.11. The summed E-state index contributed by atoms with van der Waals surface area (Å²) in [5.41, 5.74) is 2.53. The number of carbonyl (C=O) groups excluding carboxylic acids is 3. The number of nitrogens with zero attached hydrogens (tertiary/aromatic N) is 1. The van der Waals surface area contributed by atoms with Crippen molar-refractivity contribution < 1.29 is 29.0 Å². The minimum absolute atomic E-state index is 0.0750. The lowest BCUT2D eigenvalue weighted by molar-refractivity contribution is -0.143. The van der Waals surface area contributed by atoms with Gasteiger partial charge in [0, 0.05) is 17.3 Å². The number of carbonyl (C=O) groups is 3. The van der Waals surface area contributed by atoms with Gasteiger partial charge in [0.2, 0.25) is 24.5 Å². The number of fused-ring (bicyclic) bond motifs is 5. The number of aryl methyl sites for hydroxylation is 1. The van der Waals surface area contributed by atoms with Gasteiger partial charge in [-0.05, 0) is 54.3 Å². The van der Waals surface area contributed by atoms with Gasteiger partial charge in [-0.25, -0.2) is 0 Å². The van der Waals surface area contributed by atoms with Crippen molar-refractivity contribution in [1.29, 1.82) is 0 Å². The van der Waals surface area contributed by atoms with Crippen LogP contribution in [0.2, 0.25) is 0 Å². The number of para-hydroxylation sites is 1. The van der Waals surface area contributed by atoms with Crippen LogP contribution < -0.4 is 20.1 Å². The molecule has 3 aromatic rings. The summed E-state index contributed by atoms with van der Waals surface area (Å²) in [6.07, 6.45) is 0.411. The third-order valence-corrected chi connectivity index (χ3v) is 8.22. The Bertz CT molecular complexity index is 1520. The standard InChI is InChI=1S/C29H25N3O6/c1-15-3-2-4-19-25(15)30-28(36)29(19)24-23(20(31-29)11-16-5-8-18(33)9-6-16)26(34)32(27(24)35)13-17-7-10-21-22(12-17)38-14-37-21/h2-10,12,20,23-24,31,33H,11,13-14H2,1H3,(H,30,36)/t20-,23-,24+,29-/m1/s1. The number of phenolic OH excluding ortho intramolecular Hbond substituents is 1. The highest BCUT2D eigenvalue weighted by molar-refractivity contribution is 6.15. The topological polar surface area (TPSA) is 117 Å². The first-order valence-electron chi connectivity index (χ1n) is 12.6. The molecule has 0 aliphatic carbocycles. The first-order valence-corrected chi connectivity index (χ1v) is 12.6. The molecule has 0 saturated carbocycles. The van der Waals surface area contributed by atoms with Crippen molar-refractivity contribution >= 4 is 23.4 Å². The number of likely N-dealkylation sites (tertiary alicyclic amines) is 1. The van der Waals surface area contributed by atoms with E-state index in [1.807, 2.05) is 31.2 Å². The number of anilines is 1. The summed E-state index contributed by atoms with van der Waals surface area (Å²) >= 11 is 0. The minimum atomic E-state index is -1.36. The van der Waals surface area contributed by atoms with E-state index >= 15 is 0 Å². The van der Waals surface area contributed by atoms with Crippen LogP contribution in [0.1, 0.15) is 22.3 Å². The zero-order valence-corrected chi connectivity index (χ0v) is 20.6. The van der Waals surface area contributed by atoms with Crippen molar-refractivity contribution in [3.8, 4) is 17.2 Å². The van der Waals surface area contributed by atoms with Gasteiger partial charge in [0.05, 0.1) is 18.4 Å². The van der Waals surface area contributed by atoms with E-state index in [1.165, 1.54) is 4.90 Å². The Labute approximate surface area is 218 Å². The van der Waals surface area contributed by atoms with E-state index in [1.54, 1.807) is 36.4 Å². The summed E-state index contributed by atoms with van der Waals surface area (Å²) in [6.45, 7) is 2.11. The molecule has 1 spiro atoms. The molecule has 4 heterocycles. The Hall–Kier alpha value is -4.37. The summed E-state index contributed by atoms with van der Waals surface area (Å²) in [7, 11) is 0. The van der Waals surface area contributed by atoms with Gasteiger partial charge >= 0.3 is 0 Å². The van der Waals surface area contributed by atoms with Crippen molar-refractivity contribution in [3.63, 3.8) is 0 Å². The number of rotatable bonds is 4. The van der Waals surface area contributed by atoms with Crippen molar-refractivity contribution in [2.45, 2.75) is 31.5 Å². The number of ether oxygens (including phenoxy) is 2. The van der Waals surface area contributed by atoms with Crippen molar-refractivity contribution in [2.75, 3.05) is 12.1 Å². The highest BCUT2D eigenvalue weighted by Gasteiger charge is 2.70. The molecule has 4 aliphatic rings. The van der Waals surface area contributed by atoms with E-state index in [9.17, 15) is 19.5 Å². The summed E-state index contributed by atoms with van der Waals surface area (Å²) < 4.78 is 10.9. The van der Waals surface area contributed by atoms with Crippen LogP contribution in [0.4, 0.5) is 5.69 Å². The fraction of sp³-hybridized carbons (Fsp3) is 0.276. The van der Waals surface area contributed by atoms with Gasteiger partial charge in [0.15, 0.2) is 11.5 Å². The van der Waals surface area contributed by atoms with Gasteiger partial charge in [-0.3, -0.25) is 24.6 Å². The van der Waals surface area contributed by atoms with Crippen LogP contribution in [-0.4, -0.2) is 40.6 Å². The summed E-state index contributed by atoms with van der Waals surface area (Å²) in [5.74, 6) is -1.29. The number of imide groups is 1. The quantitative estimate of drug-likeness (QED) is 0.461. The fourth-order valence-corrected chi connectivity index (χ4v) is 6.47. The molecule has 2 saturated heterocycles. The van der Waals surface area contributed by atoms with Crippen molar-refractivity contribution in [2.24, 2.45) is 11.8 Å². The Morgan fingerprint density at radius 2 is 1.74 bits per heavy atom. The molecule has 4 aliphatic heterocycles. The molecule has 192 valence electrons. The van der Waals surface area contributed by atoms with Gasteiger partial charge in [0.1, 0.15) is 11.3 Å². The molecule has 3 aromatic carbocycles. The van der Waals surface area contributed by atoms with Crippen LogP contribution in [-0.2, 0) is 32.9 Å². The molecule has 38 heavy (non-hydrogen) atoms. The first-order chi connectivity index (χ1) is 18.4. The molecule has 4 atom stereocenters. The van der Waals surface area contributed by atoms with Crippen LogP contribution in [0.15, 0.2) is 60.7 Å². The zero-order valence-electron chi connectivity index (χ0n) is 20.6. The first kappa shape index (κ1) is 22.8. The van der Waals surface area contributed by atoms with Gasteiger partial charge in [-0.2, -0.15) is 0 Å². The Kier molecular flexibility index (Phi) is 4.84. The Morgan fingerprint density at radius 1 is 0.974 bits per heavy atom. The van der Waals surface area contributed by atoms with Gasteiger partial charge in [-0.1, -0.05) is 36.4 Å². The third-order valence-electron chi connectivity index (χ3n) is 8.22. The number of hydrogen-bond acceptors (Lipinski definition) is 7. The summed E-state index contributed by atoms with van der Waals surface area (Å²) in [5, 5.41) is 16.2. The Balaban J connectivity index is 1.30. The number of aromatic hydroxyl groups is 1. The molecular formula is C29H25N3O6. The fourth-order valence-electron chi connectivity index (χ4n) is 6.47. The highest BCUT2D eigenvalue weighted by Crippen LogP contribution is 2.54. The maximum atomic E-state index is 14.1. The van der Waals surface area contributed by atoms with Crippen molar-refractivity contribution in [1.82, 2.24) is 10.2 Å². The summed E-state index contributed by atoms with van der Waals surface area (Å²) in [6, 6.07) is 17.3. The molecule has 3 N–H and O–H groups in total. The lowest BCUT2D eigenvalue weighted by Crippen LogP contribution is -2.53. The molecule has 0 aromatic heterocycles. The predicted octanol–water partition coefficient (Wildman–Crippen LogP) is 2.59. The van der Waals surface area contributed by atoms with Crippen LogP contribution in [0.5, 0.6) is 17.2 Å². The monoisotopic (exact) mass is 511 g/mol. The average molecular weight is 512 g/mol. The van der Waals surface area contributed by atoms with E-state index in [0.717, 1.165) is 16.7 Å². The molecular weight excluding hydrogens is 486 g/mol. The van der Waals surface area contributed by atoms with Crippen LogP contribution >= 0.6 is 0 Å². The van der Waals surface area contributed by atoms with E-state index in [4.69, 9.17) is 9.47 Å². The average Bonchev–Trinajstić information content (AvgIpc) is 3.63. The van der Waals surface area contributed by atoms with E-state index in [0.29, 0.717) is 29.2 Å². The number of amides is 3. The normalized spacial score (nSPS) is 26.7. The maximum absolute atomic E-state index is 14.1. The van der Waals surface area contributed by atoms with Crippen LogP contribution in [0, 0.1) is 18.8 Å². The van der Waals surface area contributed by atoms with Gasteiger partial charge in [0.25, 0.3) is 0 Å². The number of benzene rings is 3. The highest BCUT2D eigenvalue weighted by atomic mass is 16.7. The number of hydrogen-bond donors (Lipinski definition) is 3. The molecule has 2 fully saturated rings.